The van der Waals surface area contributed by atoms with Gasteiger partial charge in [-0.2, -0.15) is 5.26 Å². The Labute approximate surface area is 103 Å². The van der Waals surface area contributed by atoms with Gasteiger partial charge in [0, 0.05) is 31.9 Å². The fourth-order valence-electron chi connectivity index (χ4n) is 2.24. The maximum absolute atomic E-state index is 9.29. The van der Waals surface area contributed by atoms with Crippen molar-refractivity contribution in [2.75, 3.05) is 31.1 Å². The van der Waals surface area contributed by atoms with Gasteiger partial charge in [0.2, 0.25) is 0 Å². The van der Waals surface area contributed by atoms with Crippen LogP contribution >= 0.6 is 0 Å². The molecule has 0 radical (unpaired) electrons. The topological polar surface area (TPSA) is 39.1 Å². The summed E-state index contributed by atoms with van der Waals surface area (Å²) in [6, 6.07) is 10.7. The Morgan fingerprint density at radius 2 is 1.88 bits per heavy atom. The van der Waals surface area contributed by atoms with E-state index >= 15 is 0 Å². The quantitative estimate of drug-likeness (QED) is 0.842. The highest BCUT2D eigenvalue weighted by molar-refractivity contribution is 5.58. The highest BCUT2D eigenvalue weighted by atomic mass is 15.2. The van der Waals surface area contributed by atoms with E-state index in [4.69, 9.17) is 0 Å². The smallest absolute Gasteiger partial charge is 0.0786 e. The van der Waals surface area contributed by atoms with Crippen LogP contribution in [0.15, 0.2) is 24.3 Å². The number of nitriles is 1. The zero-order valence-electron chi connectivity index (χ0n) is 10.5. The van der Waals surface area contributed by atoms with Gasteiger partial charge in [-0.15, -0.1) is 0 Å². The Balaban J connectivity index is 2.37. The zero-order chi connectivity index (χ0) is 12.3. The van der Waals surface area contributed by atoms with Gasteiger partial charge in [0.15, 0.2) is 0 Å². The van der Waals surface area contributed by atoms with Crippen LogP contribution in [0.5, 0.6) is 0 Å². The van der Waals surface area contributed by atoms with Gasteiger partial charge in [-0.25, -0.2) is 0 Å². The van der Waals surface area contributed by atoms with Crippen molar-refractivity contribution >= 4 is 5.69 Å². The minimum Gasteiger partial charge on any atom is -0.369 e. The first-order valence-electron chi connectivity index (χ1n) is 6.11. The number of rotatable bonds is 2. The predicted octanol–water partition coefficient (Wildman–Crippen LogP) is 1.90. The van der Waals surface area contributed by atoms with E-state index in [1.165, 1.54) is 5.69 Å². The van der Waals surface area contributed by atoms with Crippen LogP contribution in [0, 0.1) is 11.3 Å². The molecule has 0 aromatic heterocycles. The second-order valence-electron chi connectivity index (χ2n) is 4.99. The van der Waals surface area contributed by atoms with Gasteiger partial charge < -0.3 is 10.2 Å². The zero-order valence-corrected chi connectivity index (χ0v) is 10.5. The molecule has 1 aromatic rings. The molecule has 1 saturated heterocycles. The van der Waals surface area contributed by atoms with Crippen molar-refractivity contribution in [3.05, 3.63) is 29.8 Å². The number of nitrogens with one attached hydrogen (secondary N) is 1. The van der Waals surface area contributed by atoms with Crippen LogP contribution in [0.2, 0.25) is 0 Å². The van der Waals surface area contributed by atoms with Gasteiger partial charge in [-0.3, -0.25) is 0 Å². The van der Waals surface area contributed by atoms with Gasteiger partial charge in [-0.1, -0.05) is 18.2 Å². The van der Waals surface area contributed by atoms with Gasteiger partial charge in [0.1, 0.15) is 0 Å². The molecule has 0 bridgehead atoms. The molecule has 1 aliphatic rings. The summed E-state index contributed by atoms with van der Waals surface area (Å²) in [4.78, 5) is 2.37. The highest BCUT2D eigenvalue weighted by Crippen LogP contribution is 2.31. The summed E-state index contributed by atoms with van der Waals surface area (Å²) in [5, 5.41) is 12.6. The maximum atomic E-state index is 9.29. The average molecular weight is 229 g/mol. The first kappa shape index (κ1) is 11.9. The van der Waals surface area contributed by atoms with Gasteiger partial charge >= 0.3 is 0 Å². The molecule has 0 spiro atoms. The lowest BCUT2D eigenvalue weighted by Crippen LogP contribution is -2.44. The van der Waals surface area contributed by atoms with Gasteiger partial charge in [0.05, 0.1) is 11.5 Å². The van der Waals surface area contributed by atoms with E-state index in [0.717, 1.165) is 31.7 Å². The Kier molecular flexibility index (Phi) is 3.35. The maximum Gasteiger partial charge on any atom is 0.0786 e. The van der Waals surface area contributed by atoms with E-state index in [9.17, 15) is 5.26 Å². The number of para-hydroxylation sites is 1. The molecule has 3 heteroatoms. The molecule has 2 rings (SSSR count). The minimum absolute atomic E-state index is 0.429. The molecule has 90 valence electrons. The number of anilines is 1. The van der Waals surface area contributed by atoms with Crippen LogP contribution in [-0.4, -0.2) is 26.2 Å². The number of hydrogen-bond donors (Lipinski definition) is 1. The molecule has 1 heterocycles. The lowest BCUT2D eigenvalue weighted by atomic mass is 9.84. The molecular weight excluding hydrogens is 210 g/mol. The molecule has 0 amide bonds. The second-order valence-corrected chi connectivity index (χ2v) is 4.99. The summed E-state index contributed by atoms with van der Waals surface area (Å²) in [7, 11) is 0. The molecule has 1 aromatic carbocycles. The van der Waals surface area contributed by atoms with Crippen LogP contribution in [0.3, 0.4) is 0 Å². The predicted molar refractivity (Wildman–Crippen MR) is 70.2 cm³/mol. The third kappa shape index (κ3) is 2.42. The summed E-state index contributed by atoms with van der Waals surface area (Å²) >= 11 is 0. The molecule has 1 aliphatic heterocycles. The average Bonchev–Trinajstić information content (AvgIpc) is 2.40. The lowest BCUT2D eigenvalue weighted by Gasteiger charge is -2.33. The number of piperazine rings is 1. The Bertz CT molecular complexity index is 425. The standard InChI is InChI=1S/C14H19N3/c1-14(2,11-15)12-5-3-4-6-13(12)17-9-7-16-8-10-17/h3-6,16H,7-10H2,1-2H3. The van der Waals surface area contributed by atoms with Crippen molar-refractivity contribution in [1.29, 1.82) is 5.26 Å². The Morgan fingerprint density at radius 1 is 1.24 bits per heavy atom. The van der Waals surface area contributed by atoms with Crippen molar-refractivity contribution in [3.63, 3.8) is 0 Å². The van der Waals surface area contributed by atoms with Crippen molar-refractivity contribution in [3.8, 4) is 6.07 Å². The van der Waals surface area contributed by atoms with E-state index in [1.807, 2.05) is 26.0 Å². The van der Waals surface area contributed by atoms with E-state index < -0.39 is 5.41 Å². The first-order valence-corrected chi connectivity index (χ1v) is 6.11. The molecule has 3 nitrogen and oxygen atoms in total. The summed E-state index contributed by atoms with van der Waals surface area (Å²) in [6.45, 7) is 8.02. The van der Waals surface area contributed by atoms with Crippen molar-refractivity contribution in [1.82, 2.24) is 5.32 Å². The molecule has 0 atom stereocenters. The molecule has 0 aliphatic carbocycles. The molecular formula is C14H19N3. The number of nitrogens with zero attached hydrogens (tertiary/aromatic N) is 2. The van der Waals surface area contributed by atoms with Crippen molar-refractivity contribution < 1.29 is 0 Å². The van der Waals surface area contributed by atoms with Gasteiger partial charge in [-0.05, 0) is 25.5 Å². The van der Waals surface area contributed by atoms with Crippen molar-refractivity contribution in [2.45, 2.75) is 19.3 Å². The van der Waals surface area contributed by atoms with E-state index in [0.29, 0.717) is 0 Å². The van der Waals surface area contributed by atoms with Gasteiger partial charge in [0.25, 0.3) is 0 Å². The molecule has 1 N–H and O–H groups in total. The van der Waals surface area contributed by atoms with Crippen molar-refractivity contribution in [2.24, 2.45) is 0 Å². The van der Waals surface area contributed by atoms with Crippen LogP contribution in [0.1, 0.15) is 19.4 Å². The first-order chi connectivity index (χ1) is 8.15. The van der Waals surface area contributed by atoms with E-state index in [-0.39, 0.29) is 0 Å². The normalized spacial score (nSPS) is 16.6. The number of benzene rings is 1. The Hall–Kier alpha value is -1.53. The molecule has 17 heavy (non-hydrogen) atoms. The monoisotopic (exact) mass is 229 g/mol. The fourth-order valence-corrected chi connectivity index (χ4v) is 2.24. The number of hydrogen-bond acceptors (Lipinski definition) is 3. The van der Waals surface area contributed by atoms with E-state index in [2.05, 4.69) is 28.4 Å². The van der Waals surface area contributed by atoms with Crippen LogP contribution in [0.25, 0.3) is 0 Å². The summed E-state index contributed by atoms with van der Waals surface area (Å²) in [6.07, 6.45) is 0. The Morgan fingerprint density at radius 3 is 2.53 bits per heavy atom. The second kappa shape index (κ2) is 4.77. The highest BCUT2D eigenvalue weighted by Gasteiger charge is 2.25. The SMILES string of the molecule is CC(C)(C#N)c1ccccc1N1CCNCC1. The molecule has 1 fully saturated rings. The van der Waals surface area contributed by atoms with Crippen LogP contribution < -0.4 is 10.2 Å². The third-order valence-electron chi connectivity index (χ3n) is 3.31. The van der Waals surface area contributed by atoms with Crippen LogP contribution in [0.4, 0.5) is 5.69 Å². The summed E-state index contributed by atoms with van der Waals surface area (Å²) in [5.74, 6) is 0. The third-order valence-corrected chi connectivity index (χ3v) is 3.31. The lowest BCUT2D eigenvalue weighted by molar-refractivity contribution is 0.582. The van der Waals surface area contributed by atoms with E-state index in [1.54, 1.807) is 0 Å². The largest absolute Gasteiger partial charge is 0.369 e. The van der Waals surface area contributed by atoms with Crippen LogP contribution in [-0.2, 0) is 5.41 Å². The molecule has 0 unspecified atom stereocenters. The molecule has 0 saturated carbocycles. The summed E-state index contributed by atoms with van der Waals surface area (Å²) < 4.78 is 0. The summed E-state index contributed by atoms with van der Waals surface area (Å²) in [5.41, 5.74) is 1.91. The minimum atomic E-state index is -0.429. The fraction of sp³-hybridized carbons (Fsp3) is 0.500.